The second-order valence-corrected chi connectivity index (χ2v) is 10.3. The minimum absolute atomic E-state index is 0.0710. The predicted octanol–water partition coefficient (Wildman–Crippen LogP) is 1.83. The van der Waals surface area contributed by atoms with Crippen LogP contribution in [0.25, 0.3) is 22.3 Å². The first-order valence-corrected chi connectivity index (χ1v) is 12.7. The molecule has 1 saturated heterocycles. The zero-order valence-electron chi connectivity index (χ0n) is 20.2. The molecule has 11 heteroatoms. The van der Waals surface area contributed by atoms with Crippen LogP contribution in [-0.4, -0.2) is 90.0 Å². The minimum Gasteiger partial charge on any atom is -0.391 e. The lowest BCUT2D eigenvalue weighted by Crippen LogP contribution is -2.61. The summed E-state index contributed by atoms with van der Waals surface area (Å²) in [5.74, 6) is 0. The molecule has 2 amide bonds. The van der Waals surface area contributed by atoms with Gasteiger partial charge in [-0.05, 0) is 38.2 Å². The molecular formula is C25H31N9O2. The van der Waals surface area contributed by atoms with Gasteiger partial charge in [-0.15, -0.1) is 0 Å². The molecule has 0 aromatic carbocycles. The van der Waals surface area contributed by atoms with Gasteiger partial charge < -0.3 is 20.3 Å². The van der Waals surface area contributed by atoms with Crippen LogP contribution in [0.15, 0.2) is 31.0 Å². The summed E-state index contributed by atoms with van der Waals surface area (Å²) in [6.07, 6.45) is 11.5. The molecule has 3 aromatic heterocycles. The van der Waals surface area contributed by atoms with Gasteiger partial charge in [-0.25, -0.2) is 14.8 Å². The summed E-state index contributed by atoms with van der Waals surface area (Å²) < 4.78 is 1.96. The maximum Gasteiger partial charge on any atom is 0.317 e. The third-order valence-electron chi connectivity index (χ3n) is 8.24. The standard InChI is InChI=1S/C25H31N9O2/c26-6-5-25(34-15-17(14-30-34)22-19-4-7-27-23(19)29-16-28-22)12-18(13-25)32-8-10-33(11-9-32)24(36)31-20-2-1-3-21(20)35/h4,7,14-16,18,20-21,35H,1-3,5,8-13H2,(H,31,36)(H,27,28,29)/t18-,20?,21?,25-. The fourth-order valence-electron chi connectivity index (χ4n) is 6.09. The smallest absolute Gasteiger partial charge is 0.317 e. The van der Waals surface area contributed by atoms with Crippen LogP contribution in [0.2, 0.25) is 0 Å². The van der Waals surface area contributed by atoms with E-state index in [0.29, 0.717) is 25.6 Å². The lowest BCUT2D eigenvalue weighted by atomic mass is 9.70. The SMILES string of the molecule is N#CC[C@]1(n2cc(-c3ncnc4[nH]ccc34)cn2)C[C@H](N2CCN(C(=O)NC3CCCC3O)CC2)C1. The Balaban J connectivity index is 1.09. The number of nitrogens with zero attached hydrogens (tertiary/aromatic N) is 7. The van der Waals surface area contributed by atoms with E-state index in [1.807, 2.05) is 34.2 Å². The molecule has 188 valence electrons. The van der Waals surface area contributed by atoms with E-state index in [-0.39, 0.29) is 17.6 Å². The molecule has 36 heavy (non-hydrogen) atoms. The number of carbonyl (C=O) groups excluding carboxylic acids is 1. The van der Waals surface area contributed by atoms with Crippen molar-refractivity contribution in [3.8, 4) is 17.3 Å². The summed E-state index contributed by atoms with van der Waals surface area (Å²) in [6.45, 7) is 2.96. The molecule has 2 unspecified atom stereocenters. The molecule has 6 rings (SSSR count). The summed E-state index contributed by atoms with van der Waals surface area (Å²) in [5.41, 5.74) is 2.20. The van der Waals surface area contributed by atoms with Crippen molar-refractivity contribution in [2.45, 2.75) is 62.3 Å². The van der Waals surface area contributed by atoms with E-state index in [1.54, 1.807) is 6.33 Å². The third kappa shape index (κ3) is 4.00. The number of urea groups is 1. The molecule has 2 aliphatic carbocycles. The van der Waals surface area contributed by atoms with Gasteiger partial charge in [-0.3, -0.25) is 9.58 Å². The van der Waals surface area contributed by atoms with Gasteiger partial charge in [0.05, 0.1) is 42.1 Å². The van der Waals surface area contributed by atoms with Crippen LogP contribution < -0.4 is 5.32 Å². The van der Waals surface area contributed by atoms with Crippen LogP contribution in [0.3, 0.4) is 0 Å². The maximum atomic E-state index is 12.6. The highest BCUT2D eigenvalue weighted by Gasteiger charge is 2.49. The number of hydrogen-bond donors (Lipinski definition) is 3. The van der Waals surface area contributed by atoms with Crippen LogP contribution in [0, 0.1) is 11.3 Å². The lowest BCUT2D eigenvalue weighted by Gasteiger charge is -2.52. The molecule has 11 nitrogen and oxygen atoms in total. The average Bonchev–Trinajstić information content (AvgIpc) is 3.63. The van der Waals surface area contributed by atoms with Gasteiger partial charge in [0.15, 0.2) is 0 Å². The van der Waals surface area contributed by atoms with Gasteiger partial charge >= 0.3 is 6.03 Å². The quantitative estimate of drug-likeness (QED) is 0.497. The number of carbonyl (C=O) groups is 1. The highest BCUT2D eigenvalue weighted by molar-refractivity contribution is 5.90. The highest BCUT2D eigenvalue weighted by atomic mass is 16.3. The average molecular weight is 490 g/mol. The first-order chi connectivity index (χ1) is 17.6. The topological polar surface area (TPSA) is 139 Å². The normalized spacial score (nSPS) is 28.7. The largest absolute Gasteiger partial charge is 0.391 e. The summed E-state index contributed by atoms with van der Waals surface area (Å²) >= 11 is 0. The van der Waals surface area contributed by atoms with Crippen molar-refractivity contribution < 1.29 is 9.90 Å². The number of aliphatic hydroxyl groups is 1. The van der Waals surface area contributed by atoms with Crippen molar-refractivity contribution >= 4 is 17.1 Å². The van der Waals surface area contributed by atoms with Crippen LogP contribution >= 0.6 is 0 Å². The summed E-state index contributed by atoms with van der Waals surface area (Å²) in [5, 5.41) is 28.2. The van der Waals surface area contributed by atoms with Gasteiger partial charge in [-0.1, -0.05) is 0 Å². The number of H-pyrrole nitrogens is 1. The van der Waals surface area contributed by atoms with E-state index in [1.165, 1.54) is 0 Å². The fraction of sp³-hybridized carbons (Fsp3) is 0.560. The van der Waals surface area contributed by atoms with Crippen LogP contribution in [0.5, 0.6) is 0 Å². The van der Waals surface area contributed by atoms with Crippen molar-refractivity contribution in [1.82, 2.24) is 39.8 Å². The number of aliphatic hydroxyl groups excluding tert-OH is 1. The molecule has 4 heterocycles. The van der Waals surface area contributed by atoms with E-state index >= 15 is 0 Å². The number of hydrogen-bond acceptors (Lipinski definition) is 7. The van der Waals surface area contributed by atoms with E-state index in [9.17, 15) is 15.2 Å². The first kappa shape index (κ1) is 22.9. The highest BCUT2D eigenvalue weighted by Crippen LogP contribution is 2.45. The van der Waals surface area contributed by atoms with E-state index in [4.69, 9.17) is 0 Å². The molecule has 3 N–H and O–H groups in total. The summed E-state index contributed by atoms with van der Waals surface area (Å²) in [4.78, 5) is 28.8. The number of aromatic amines is 1. The second-order valence-electron chi connectivity index (χ2n) is 10.3. The number of fused-ring (bicyclic) bond motifs is 1. The molecule has 1 aliphatic heterocycles. The Bertz CT molecular complexity index is 1280. The number of aromatic nitrogens is 5. The Morgan fingerprint density at radius 1 is 1.25 bits per heavy atom. The Kier molecular flexibility index (Phi) is 5.85. The Labute approximate surface area is 209 Å². The maximum absolute atomic E-state index is 12.6. The first-order valence-electron chi connectivity index (χ1n) is 12.7. The summed E-state index contributed by atoms with van der Waals surface area (Å²) in [7, 11) is 0. The number of rotatable bonds is 5. The van der Waals surface area contributed by atoms with E-state index in [0.717, 1.165) is 67.5 Å². The molecular weight excluding hydrogens is 458 g/mol. The molecule has 3 aromatic rings. The summed E-state index contributed by atoms with van der Waals surface area (Å²) in [6, 6.07) is 4.51. The fourth-order valence-corrected chi connectivity index (χ4v) is 6.09. The Hall–Kier alpha value is -3.49. The van der Waals surface area contributed by atoms with Crippen molar-refractivity contribution in [1.29, 1.82) is 5.26 Å². The van der Waals surface area contributed by atoms with Crippen LogP contribution in [0.1, 0.15) is 38.5 Å². The van der Waals surface area contributed by atoms with Gasteiger partial charge in [0.25, 0.3) is 0 Å². The molecule has 2 atom stereocenters. The van der Waals surface area contributed by atoms with Gasteiger partial charge in [-0.2, -0.15) is 10.4 Å². The zero-order valence-corrected chi connectivity index (χ0v) is 20.2. The number of piperazine rings is 1. The van der Waals surface area contributed by atoms with Crippen LogP contribution in [-0.2, 0) is 5.54 Å². The van der Waals surface area contributed by atoms with Crippen molar-refractivity contribution in [3.63, 3.8) is 0 Å². The molecule has 0 radical (unpaired) electrons. The molecule has 0 bridgehead atoms. The second kappa shape index (κ2) is 9.19. The minimum atomic E-state index is -0.426. The Morgan fingerprint density at radius 2 is 2.08 bits per heavy atom. The monoisotopic (exact) mass is 489 g/mol. The van der Waals surface area contributed by atoms with Crippen molar-refractivity contribution in [2.75, 3.05) is 26.2 Å². The van der Waals surface area contributed by atoms with Gasteiger partial charge in [0, 0.05) is 55.6 Å². The third-order valence-corrected chi connectivity index (χ3v) is 8.24. The zero-order chi connectivity index (χ0) is 24.7. The van der Waals surface area contributed by atoms with Crippen molar-refractivity contribution in [2.24, 2.45) is 0 Å². The molecule has 3 aliphatic rings. The molecule has 0 spiro atoms. The van der Waals surface area contributed by atoms with E-state index in [2.05, 4.69) is 36.3 Å². The lowest BCUT2D eigenvalue weighted by molar-refractivity contribution is -0.0132. The molecule has 2 saturated carbocycles. The Morgan fingerprint density at radius 3 is 2.83 bits per heavy atom. The van der Waals surface area contributed by atoms with Gasteiger partial charge in [0.2, 0.25) is 0 Å². The van der Waals surface area contributed by atoms with Crippen LogP contribution in [0.4, 0.5) is 4.79 Å². The number of amides is 2. The van der Waals surface area contributed by atoms with E-state index < -0.39 is 6.10 Å². The number of nitrogens with one attached hydrogen (secondary N) is 2. The van der Waals surface area contributed by atoms with Gasteiger partial charge in [0.1, 0.15) is 12.0 Å². The predicted molar refractivity (Wildman–Crippen MR) is 132 cm³/mol. The number of nitriles is 1. The molecule has 3 fully saturated rings. The van der Waals surface area contributed by atoms with Crippen molar-refractivity contribution in [3.05, 3.63) is 31.0 Å².